The van der Waals surface area contributed by atoms with Crippen molar-refractivity contribution in [2.45, 2.75) is 77.2 Å². The summed E-state index contributed by atoms with van der Waals surface area (Å²) in [6, 6.07) is 0. The van der Waals surface area contributed by atoms with Gasteiger partial charge < -0.3 is 4.74 Å². The number of esters is 1. The van der Waals surface area contributed by atoms with Gasteiger partial charge in [-0.2, -0.15) is 0 Å². The fourth-order valence-corrected chi connectivity index (χ4v) is 1.74. The number of hydrogen-bond acceptors (Lipinski definition) is 2. The number of hydrogen-bond donors (Lipinski definition) is 0. The Bertz CT molecular complexity index is 169. The van der Waals surface area contributed by atoms with Gasteiger partial charge in [0.05, 0.1) is 0 Å². The molecule has 0 heterocycles. The van der Waals surface area contributed by atoms with Crippen molar-refractivity contribution in [1.29, 1.82) is 0 Å². The lowest BCUT2D eigenvalue weighted by Crippen LogP contribution is -2.08. The number of unbranched alkanes of at least 4 members (excludes halogenated alkanes) is 7. The second-order valence-corrected chi connectivity index (χ2v) is 4.87. The van der Waals surface area contributed by atoms with Crippen molar-refractivity contribution < 1.29 is 9.53 Å². The van der Waals surface area contributed by atoms with Crippen molar-refractivity contribution in [1.82, 2.24) is 0 Å². The molecule has 0 spiro atoms. The molecule has 0 radical (unpaired) electrons. The predicted molar refractivity (Wildman–Crippen MR) is 68.6 cm³/mol. The lowest BCUT2D eigenvalue weighted by atomic mass is 10.1. The minimum atomic E-state index is -0.499. The van der Waals surface area contributed by atoms with Crippen LogP contribution in [0.2, 0.25) is 0 Å². The van der Waals surface area contributed by atoms with Gasteiger partial charge in [-0.25, -0.2) is 0 Å². The van der Waals surface area contributed by atoms with Crippen LogP contribution in [-0.2, 0) is 9.53 Å². The molecule has 1 unspecified atom stereocenters. The summed E-state index contributed by atoms with van der Waals surface area (Å²) in [5.74, 6) is -0.173. The maximum absolute atomic E-state index is 11.1. The van der Waals surface area contributed by atoms with Crippen LogP contribution in [0.1, 0.15) is 71.6 Å². The van der Waals surface area contributed by atoms with E-state index in [1.54, 1.807) is 6.92 Å². The molecule has 0 bridgehead atoms. The Morgan fingerprint density at radius 1 is 1.06 bits per heavy atom. The zero-order chi connectivity index (χ0) is 12.2. The molecule has 0 aromatic carbocycles. The lowest BCUT2D eigenvalue weighted by molar-refractivity contribution is -0.144. The summed E-state index contributed by atoms with van der Waals surface area (Å²) < 4.78 is 4.84. The Balaban J connectivity index is 3.11. The monoisotopic (exact) mass is 248 g/mol. The standard InChI is InChI=1S/C13H25ClO2/c1-3-4-5-6-7-8-9-10-11-13(15)16-12(2)14/h12H,3-11H2,1-2H3. The summed E-state index contributed by atoms with van der Waals surface area (Å²) in [7, 11) is 0. The summed E-state index contributed by atoms with van der Waals surface area (Å²) >= 11 is 5.54. The minimum absolute atomic E-state index is 0.173. The highest BCUT2D eigenvalue weighted by atomic mass is 35.5. The second kappa shape index (κ2) is 11.3. The van der Waals surface area contributed by atoms with E-state index < -0.39 is 5.56 Å². The van der Waals surface area contributed by atoms with Gasteiger partial charge in [-0.05, 0) is 13.3 Å². The van der Waals surface area contributed by atoms with Crippen molar-refractivity contribution in [2.75, 3.05) is 0 Å². The maximum atomic E-state index is 11.1. The zero-order valence-electron chi connectivity index (χ0n) is 10.6. The van der Waals surface area contributed by atoms with E-state index in [-0.39, 0.29) is 5.97 Å². The van der Waals surface area contributed by atoms with Gasteiger partial charge in [0.15, 0.2) is 5.56 Å². The van der Waals surface area contributed by atoms with Gasteiger partial charge in [0.2, 0.25) is 0 Å². The highest BCUT2D eigenvalue weighted by Crippen LogP contribution is 2.10. The average molecular weight is 249 g/mol. The van der Waals surface area contributed by atoms with Gasteiger partial charge in [0.25, 0.3) is 0 Å². The van der Waals surface area contributed by atoms with E-state index in [9.17, 15) is 4.79 Å². The van der Waals surface area contributed by atoms with E-state index >= 15 is 0 Å². The molecule has 0 aliphatic carbocycles. The molecule has 0 aliphatic heterocycles. The van der Waals surface area contributed by atoms with Crippen molar-refractivity contribution in [2.24, 2.45) is 0 Å². The third-order valence-electron chi connectivity index (χ3n) is 2.53. The van der Waals surface area contributed by atoms with Crippen molar-refractivity contribution >= 4 is 17.6 Å². The summed E-state index contributed by atoms with van der Waals surface area (Å²) in [6.07, 6.45) is 10.4. The fourth-order valence-electron chi connectivity index (χ4n) is 1.64. The highest BCUT2D eigenvalue weighted by molar-refractivity contribution is 6.19. The van der Waals surface area contributed by atoms with Crippen LogP contribution in [0.15, 0.2) is 0 Å². The topological polar surface area (TPSA) is 26.3 Å². The molecule has 96 valence electrons. The van der Waals surface area contributed by atoms with Crippen molar-refractivity contribution in [3.05, 3.63) is 0 Å². The largest absolute Gasteiger partial charge is 0.446 e. The third kappa shape index (κ3) is 11.8. The SMILES string of the molecule is CCCCCCCCCCC(=O)OC(C)Cl. The fraction of sp³-hybridized carbons (Fsp3) is 0.923. The van der Waals surface area contributed by atoms with Crippen LogP contribution in [0, 0.1) is 0 Å². The van der Waals surface area contributed by atoms with Crippen LogP contribution in [0.5, 0.6) is 0 Å². The number of halogens is 1. The molecule has 0 saturated heterocycles. The number of ether oxygens (including phenoxy) is 1. The first kappa shape index (κ1) is 15.8. The maximum Gasteiger partial charge on any atom is 0.307 e. The summed E-state index contributed by atoms with van der Waals surface area (Å²) in [6.45, 7) is 3.89. The normalized spacial score (nSPS) is 12.4. The molecule has 1 atom stereocenters. The van der Waals surface area contributed by atoms with E-state index in [0.717, 1.165) is 12.8 Å². The molecule has 2 nitrogen and oxygen atoms in total. The molecule has 0 saturated carbocycles. The Morgan fingerprint density at radius 2 is 1.56 bits per heavy atom. The average Bonchev–Trinajstić information content (AvgIpc) is 2.21. The molecule has 0 aromatic heterocycles. The van der Waals surface area contributed by atoms with Crippen molar-refractivity contribution in [3.63, 3.8) is 0 Å². The molecular formula is C13H25ClO2. The molecule has 0 fully saturated rings. The van der Waals surface area contributed by atoms with E-state index in [2.05, 4.69) is 6.92 Å². The van der Waals surface area contributed by atoms with E-state index in [1.807, 2.05) is 0 Å². The van der Waals surface area contributed by atoms with Crippen LogP contribution < -0.4 is 0 Å². The first-order valence-corrected chi connectivity index (χ1v) is 6.94. The van der Waals surface area contributed by atoms with Crippen LogP contribution >= 0.6 is 11.6 Å². The van der Waals surface area contributed by atoms with E-state index in [4.69, 9.17) is 16.3 Å². The molecule has 3 heteroatoms. The first-order valence-electron chi connectivity index (χ1n) is 6.50. The summed E-state index contributed by atoms with van der Waals surface area (Å²) in [4.78, 5) is 11.1. The lowest BCUT2D eigenvalue weighted by Gasteiger charge is -2.05. The number of alkyl halides is 1. The van der Waals surface area contributed by atoms with Crippen LogP contribution in [0.3, 0.4) is 0 Å². The van der Waals surface area contributed by atoms with Gasteiger partial charge in [-0.3, -0.25) is 4.79 Å². The van der Waals surface area contributed by atoms with Crippen LogP contribution in [0.4, 0.5) is 0 Å². The third-order valence-corrected chi connectivity index (χ3v) is 2.62. The van der Waals surface area contributed by atoms with Gasteiger partial charge in [0, 0.05) is 6.42 Å². The van der Waals surface area contributed by atoms with Crippen molar-refractivity contribution in [3.8, 4) is 0 Å². The second-order valence-electron chi connectivity index (χ2n) is 4.26. The number of carbonyl (C=O) groups is 1. The molecular weight excluding hydrogens is 224 g/mol. The van der Waals surface area contributed by atoms with Crippen LogP contribution in [-0.4, -0.2) is 11.5 Å². The Morgan fingerprint density at radius 3 is 2.06 bits per heavy atom. The number of carbonyl (C=O) groups excluding carboxylic acids is 1. The van der Waals surface area contributed by atoms with Gasteiger partial charge in [-0.15, -0.1) is 0 Å². The Hall–Kier alpha value is -0.240. The smallest absolute Gasteiger partial charge is 0.307 e. The Kier molecular flexibility index (Phi) is 11.1. The molecule has 0 aromatic rings. The number of rotatable bonds is 10. The quantitative estimate of drug-likeness (QED) is 0.320. The Labute approximate surface area is 105 Å². The minimum Gasteiger partial charge on any atom is -0.446 e. The van der Waals surface area contributed by atoms with E-state index in [1.165, 1.54) is 38.5 Å². The van der Waals surface area contributed by atoms with Gasteiger partial charge >= 0.3 is 5.97 Å². The molecule has 16 heavy (non-hydrogen) atoms. The summed E-state index contributed by atoms with van der Waals surface area (Å²) in [5.41, 5.74) is -0.499. The highest BCUT2D eigenvalue weighted by Gasteiger charge is 2.05. The molecule has 0 aliphatic rings. The van der Waals surface area contributed by atoms with Gasteiger partial charge in [0.1, 0.15) is 0 Å². The summed E-state index contributed by atoms with van der Waals surface area (Å²) in [5, 5.41) is 0. The molecule has 0 N–H and O–H groups in total. The first-order chi connectivity index (χ1) is 7.66. The molecule has 0 amide bonds. The van der Waals surface area contributed by atoms with E-state index in [0.29, 0.717) is 6.42 Å². The zero-order valence-corrected chi connectivity index (χ0v) is 11.4. The molecule has 0 rings (SSSR count). The van der Waals surface area contributed by atoms with Gasteiger partial charge in [-0.1, -0.05) is 63.5 Å². The predicted octanol–water partition coefficient (Wildman–Crippen LogP) is 4.65. The van der Waals surface area contributed by atoms with Crippen LogP contribution in [0.25, 0.3) is 0 Å².